The van der Waals surface area contributed by atoms with E-state index in [1.54, 1.807) is 18.2 Å². The number of piperazine rings is 1. The highest BCUT2D eigenvalue weighted by Crippen LogP contribution is 2.25. The molecular formula is C15H21Cl2N3O. The van der Waals surface area contributed by atoms with Crippen molar-refractivity contribution in [2.45, 2.75) is 13.3 Å². The predicted octanol–water partition coefficient (Wildman–Crippen LogP) is 2.96. The van der Waals surface area contributed by atoms with Crippen molar-refractivity contribution in [1.82, 2.24) is 9.80 Å². The van der Waals surface area contributed by atoms with Gasteiger partial charge in [-0.2, -0.15) is 0 Å². The predicted molar refractivity (Wildman–Crippen MR) is 88.3 cm³/mol. The summed E-state index contributed by atoms with van der Waals surface area (Å²) in [6, 6.07) is 5.07. The second-order valence-corrected chi connectivity index (χ2v) is 6.13. The Morgan fingerprint density at radius 1 is 1.19 bits per heavy atom. The summed E-state index contributed by atoms with van der Waals surface area (Å²) in [6.07, 6.45) is 1.18. The maximum Gasteiger partial charge on any atom is 0.238 e. The van der Waals surface area contributed by atoms with E-state index in [9.17, 15) is 4.79 Å². The van der Waals surface area contributed by atoms with E-state index in [1.807, 2.05) is 0 Å². The summed E-state index contributed by atoms with van der Waals surface area (Å²) >= 11 is 11.9. The number of halogens is 2. The van der Waals surface area contributed by atoms with Gasteiger partial charge in [0.1, 0.15) is 0 Å². The van der Waals surface area contributed by atoms with Crippen LogP contribution in [0, 0.1) is 0 Å². The molecule has 4 nitrogen and oxygen atoms in total. The minimum Gasteiger partial charge on any atom is -0.324 e. The van der Waals surface area contributed by atoms with Crippen LogP contribution in [0.4, 0.5) is 5.69 Å². The number of amides is 1. The van der Waals surface area contributed by atoms with E-state index in [2.05, 4.69) is 22.0 Å². The zero-order valence-electron chi connectivity index (χ0n) is 12.2. The lowest BCUT2D eigenvalue weighted by Gasteiger charge is -2.34. The summed E-state index contributed by atoms with van der Waals surface area (Å²) in [5.74, 6) is -0.0387. The van der Waals surface area contributed by atoms with E-state index in [4.69, 9.17) is 23.2 Å². The average molecular weight is 330 g/mol. The van der Waals surface area contributed by atoms with Crippen LogP contribution in [0.3, 0.4) is 0 Å². The third-order valence-corrected chi connectivity index (χ3v) is 4.12. The minimum atomic E-state index is -0.0387. The van der Waals surface area contributed by atoms with E-state index in [0.29, 0.717) is 22.3 Å². The summed E-state index contributed by atoms with van der Waals surface area (Å²) in [6.45, 7) is 7.66. The monoisotopic (exact) mass is 329 g/mol. The Labute approximate surface area is 136 Å². The summed E-state index contributed by atoms with van der Waals surface area (Å²) in [7, 11) is 0. The summed E-state index contributed by atoms with van der Waals surface area (Å²) in [4.78, 5) is 16.7. The van der Waals surface area contributed by atoms with Gasteiger partial charge in [-0.05, 0) is 31.2 Å². The fourth-order valence-electron chi connectivity index (χ4n) is 2.47. The van der Waals surface area contributed by atoms with Gasteiger partial charge < -0.3 is 10.2 Å². The van der Waals surface area contributed by atoms with Crippen molar-refractivity contribution >= 4 is 34.8 Å². The van der Waals surface area contributed by atoms with Crippen LogP contribution in [0.25, 0.3) is 0 Å². The van der Waals surface area contributed by atoms with Gasteiger partial charge in [-0.25, -0.2) is 0 Å². The molecule has 0 atom stereocenters. The van der Waals surface area contributed by atoms with Crippen LogP contribution < -0.4 is 5.32 Å². The quantitative estimate of drug-likeness (QED) is 0.902. The van der Waals surface area contributed by atoms with Gasteiger partial charge in [0.2, 0.25) is 5.91 Å². The SMILES string of the molecule is CCCN1CCN(CC(=O)Nc2ccc(Cl)cc2Cl)CC1. The number of carbonyl (C=O) groups excluding carboxylic acids is 1. The molecule has 1 aromatic rings. The van der Waals surface area contributed by atoms with Gasteiger partial charge in [0.05, 0.1) is 17.3 Å². The van der Waals surface area contributed by atoms with Crippen LogP contribution in [0.2, 0.25) is 10.0 Å². The molecule has 0 bridgehead atoms. The fraction of sp³-hybridized carbons (Fsp3) is 0.533. The van der Waals surface area contributed by atoms with Gasteiger partial charge in [-0.3, -0.25) is 9.69 Å². The zero-order chi connectivity index (χ0) is 15.2. The molecule has 0 radical (unpaired) electrons. The molecule has 0 aromatic heterocycles. The lowest BCUT2D eigenvalue weighted by molar-refractivity contribution is -0.117. The molecule has 2 rings (SSSR count). The van der Waals surface area contributed by atoms with Crippen molar-refractivity contribution in [3.8, 4) is 0 Å². The van der Waals surface area contributed by atoms with Crippen molar-refractivity contribution in [2.75, 3.05) is 44.6 Å². The third-order valence-electron chi connectivity index (χ3n) is 3.58. The standard InChI is InChI=1S/C15H21Cl2N3O/c1-2-5-19-6-8-20(9-7-19)11-15(21)18-14-4-3-12(16)10-13(14)17/h3-4,10H,2,5-9,11H2,1H3,(H,18,21). The third kappa shape index (κ3) is 5.15. The number of nitrogens with one attached hydrogen (secondary N) is 1. The van der Waals surface area contributed by atoms with Crippen molar-refractivity contribution in [3.63, 3.8) is 0 Å². The molecule has 1 fully saturated rings. The number of hydrogen-bond acceptors (Lipinski definition) is 3. The van der Waals surface area contributed by atoms with Crippen LogP contribution in [-0.2, 0) is 4.79 Å². The maximum absolute atomic E-state index is 12.1. The molecule has 0 saturated carbocycles. The molecule has 0 unspecified atom stereocenters. The molecule has 1 aliphatic heterocycles. The molecule has 116 valence electrons. The van der Waals surface area contributed by atoms with Crippen LogP contribution in [-0.4, -0.2) is 55.0 Å². The Hall–Kier alpha value is -0.810. The molecule has 1 amide bonds. The molecule has 1 heterocycles. The second-order valence-electron chi connectivity index (χ2n) is 5.29. The topological polar surface area (TPSA) is 35.6 Å². The normalized spacial score (nSPS) is 16.9. The molecule has 1 aromatic carbocycles. The van der Waals surface area contributed by atoms with E-state index < -0.39 is 0 Å². The Balaban J connectivity index is 1.80. The zero-order valence-corrected chi connectivity index (χ0v) is 13.8. The molecule has 0 spiro atoms. The van der Waals surface area contributed by atoms with Crippen molar-refractivity contribution in [1.29, 1.82) is 0 Å². The van der Waals surface area contributed by atoms with Crippen LogP contribution in [0.5, 0.6) is 0 Å². The first-order valence-electron chi connectivity index (χ1n) is 7.28. The highest BCUT2D eigenvalue weighted by atomic mass is 35.5. The first-order valence-corrected chi connectivity index (χ1v) is 8.03. The number of nitrogens with zero attached hydrogens (tertiary/aromatic N) is 2. The number of anilines is 1. The van der Waals surface area contributed by atoms with Gasteiger partial charge in [0.15, 0.2) is 0 Å². The smallest absolute Gasteiger partial charge is 0.238 e. The molecule has 0 aliphatic carbocycles. The fourth-order valence-corrected chi connectivity index (χ4v) is 2.93. The van der Waals surface area contributed by atoms with E-state index >= 15 is 0 Å². The molecule has 1 aliphatic rings. The van der Waals surface area contributed by atoms with Gasteiger partial charge in [0.25, 0.3) is 0 Å². The van der Waals surface area contributed by atoms with Crippen LogP contribution in [0.1, 0.15) is 13.3 Å². The Bertz CT molecular complexity index is 488. The van der Waals surface area contributed by atoms with Crippen molar-refractivity contribution in [2.24, 2.45) is 0 Å². The van der Waals surface area contributed by atoms with E-state index in [-0.39, 0.29) is 5.91 Å². The lowest BCUT2D eigenvalue weighted by Crippen LogP contribution is -2.48. The summed E-state index contributed by atoms with van der Waals surface area (Å²) < 4.78 is 0. The highest BCUT2D eigenvalue weighted by Gasteiger charge is 2.18. The Morgan fingerprint density at radius 3 is 2.48 bits per heavy atom. The molecule has 6 heteroatoms. The minimum absolute atomic E-state index is 0.0387. The van der Waals surface area contributed by atoms with Crippen LogP contribution >= 0.6 is 23.2 Å². The van der Waals surface area contributed by atoms with Crippen molar-refractivity contribution in [3.05, 3.63) is 28.2 Å². The number of benzene rings is 1. The van der Waals surface area contributed by atoms with Gasteiger partial charge >= 0.3 is 0 Å². The molecule has 21 heavy (non-hydrogen) atoms. The molecule has 1 N–H and O–H groups in total. The number of hydrogen-bond donors (Lipinski definition) is 1. The molecular weight excluding hydrogens is 309 g/mol. The summed E-state index contributed by atoms with van der Waals surface area (Å²) in [5.41, 5.74) is 0.607. The average Bonchev–Trinajstić information content (AvgIpc) is 2.44. The Kier molecular flexibility index (Phi) is 6.30. The van der Waals surface area contributed by atoms with Gasteiger partial charge in [-0.15, -0.1) is 0 Å². The van der Waals surface area contributed by atoms with Gasteiger partial charge in [0, 0.05) is 31.2 Å². The van der Waals surface area contributed by atoms with Gasteiger partial charge in [-0.1, -0.05) is 30.1 Å². The second kappa shape index (κ2) is 7.99. The summed E-state index contributed by atoms with van der Waals surface area (Å²) in [5, 5.41) is 3.86. The van der Waals surface area contributed by atoms with Crippen LogP contribution in [0.15, 0.2) is 18.2 Å². The number of rotatable bonds is 5. The largest absolute Gasteiger partial charge is 0.324 e. The van der Waals surface area contributed by atoms with E-state index in [0.717, 1.165) is 32.7 Å². The first kappa shape index (κ1) is 16.6. The van der Waals surface area contributed by atoms with E-state index in [1.165, 1.54) is 6.42 Å². The Morgan fingerprint density at radius 2 is 1.86 bits per heavy atom. The number of carbonyl (C=O) groups is 1. The van der Waals surface area contributed by atoms with Crippen molar-refractivity contribution < 1.29 is 4.79 Å². The first-order chi connectivity index (χ1) is 10.1. The molecule has 1 saturated heterocycles. The lowest BCUT2D eigenvalue weighted by atomic mass is 10.3. The highest BCUT2D eigenvalue weighted by molar-refractivity contribution is 6.36. The maximum atomic E-state index is 12.1.